The molecule has 1 amide bonds. The van der Waals surface area contributed by atoms with Crippen molar-refractivity contribution < 1.29 is 9.32 Å². The fraction of sp³-hybridized carbons (Fsp3) is 0.692. The highest BCUT2D eigenvalue weighted by Crippen LogP contribution is 2.28. The van der Waals surface area contributed by atoms with Gasteiger partial charge in [-0.1, -0.05) is 24.9 Å². The van der Waals surface area contributed by atoms with E-state index in [4.69, 9.17) is 4.52 Å². The Bertz CT molecular complexity index is 400. The lowest BCUT2D eigenvalue weighted by Crippen LogP contribution is -2.42. The van der Waals surface area contributed by atoms with Gasteiger partial charge in [0.1, 0.15) is 0 Å². The largest absolute Gasteiger partial charge is 0.351 e. The standard InChI is InChI=1S/C13H20N2O2/c1-9-6-4-5-7-11(9)15(3)13(16)12-8-10(2)14-17-12/h8-9,11H,4-7H2,1-3H3/t9-,11-/m1/s1. The number of nitrogens with zero attached hydrogens (tertiary/aromatic N) is 2. The van der Waals surface area contributed by atoms with E-state index in [9.17, 15) is 4.79 Å². The van der Waals surface area contributed by atoms with Crippen molar-refractivity contribution in [3.05, 3.63) is 17.5 Å². The molecule has 0 aliphatic heterocycles. The van der Waals surface area contributed by atoms with Crippen LogP contribution >= 0.6 is 0 Å². The second-order valence-corrected chi connectivity index (χ2v) is 5.08. The first-order chi connectivity index (χ1) is 8.09. The average molecular weight is 236 g/mol. The molecular formula is C13H20N2O2. The Morgan fingerprint density at radius 3 is 2.76 bits per heavy atom. The van der Waals surface area contributed by atoms with Crippen LogP contribution in [0, 0.1) is 12.8 Å². The van der Waals surface area contributed by atoms with Crippen LogP contribution in [0.1, 0.15) is 48.9 Å². The molecule has 1 fully saturated rings. The highest BCUT2D eigenvalue weighted by atomic mass is 16.5. The molecular weight excluding hydrogens is 216 g/mol. The summed E-state index contributed by atoms with van der Waals surface area (Å²) in [5.41, 5.74) is 0.749. The Hall–Kier alpha value is -1.32. The maximum atomic E-state index is 12.2. The van der Waals surface area contributed by atoms with Crippen molar-refractivity contribution in [2.24, 2.45) is 5.92 Å². The van der Waals surface area contributed by atoms with Gasteiger partial charge < -0.3 is 9.42 Å². The average Bonchev–Trinajstić information content (AvgIpc) is 2.75. The lowest BCUT2D eigenvalue weighted by atomic mass is 9.85. The number of carbonyl (C=O) groups excluding carboxylic acids is 1. The highest BCUT2D eigenvalue weighted by molar-refractivity contribution is 5.91. The maximum absolute atomic E-state index is 12.2. The van der Waals surface area contributed by atoms with E-state index in [1.807, 2.05) is 18.9 Å². The Morgan fingerprint density at radius 1 is 1.47 bits per heavy atom. The van der Waals surface area contributed by atoms with Gasteiger partial charge in [0.25, 0.3) is 5.91 Å². The molecule has 94 valence electrons. The van der Waals surface area contributed by atoms with Gasteiger partial charge in [0, 0.05) is 19.2 Å². The number of amides is 1. The summed E-state index contributed by atoms with van der Waals surface area (Å²) >= 11 is 0. The summed E-state index contributed by atoms with van der Waals surface area (Å²) in [4.78, 5) is 14.0. The molecule has 0 unspecified atom stereocenters. The Kier molecular flexibility index (Phi) is 3.50. The first kappa shape index (κ1) is 12.1. The van der Waals surface area contributed by atoms with Gasteiger partial charge in [-0.15, -0.1) is 0 Å². The van der Waals surface area contributed by atoms with Crippen LogP contribution in [0.5, 0.6) is 0 Å². The fourth-order valence-corrected chi connectivity index (χ4v) is 2.66. The van der Waals surface area contributed by atoms with Crippen molar-refractivity contribution in [3.8, 4) is 0 Å². The summed E-state index contributed by atoms with van der Waals surface area (Å²) in [7, 11) is 1.87. The zero-order chi connectivity index (χ0) is 12.4. The molecule has 0 spiro atoms. The van der Waals surface area contributed by atoms with Crippen molar-refractivity contribution in [2.45, 2.75) is 45.6 Å². The molecule has 1 aliphatic rings. The minimum Gasteiger partial charge on any atom is -0.351 e. The molecule has 4 heteroatoms. The highest BCUT2D eigenvalue weighted by Gasteiger charge is 2.29. The Balaban J connectivity index is 2.08. The van der Waals surface area contributed by atoms with Crippen LogP contribution < -0.4 is 0 Å². The molecule has 4 nitrogen and oxygen atoms in total. The van der Waals surface area contributed by atoms with Gasteiger partial charge in [0.05, 0.1) is 5.69 Å². The van der Waals surface area contributed by atoms with Crippen LogP contribution in [0.15, 0.2) is 10.6 Å². The van der Waals surface area contributed by atoms with E-state index in [-0.39, 0.29) is 5.91 Å². The molecule has 2 atom stereocenters. The molecule has 17 heavy (non-hydrogen) atoms. The number of aryl methyl sites for hydroxylation is 1. The molecule has 1 aliphatic carbocycles. The predicted octanol–water partition coefficient (Wildman–Crippen LogP) is 2.63. The molecule has 1 heterocycles. The van der Waals surface area contributed by atoms with Gasteiger partial charge in [-0.05, 0) is 25.7 Å². The van der Waals surface area contributed by atoms with Gasteiger partial charge >= 0.3 is 0 Å². The van der Waals surface area contributed by atoms with E-state index in [2.05, 4.69) is 12.1 Å². The quantitative estimate of drug-likeness (QED) is 0.793. The smallest absolute Gasteiger partial charge is 0.292 e. The summed E-state index contributed by atoms with van der Waals surface area (Å²) < 4.78 is 5.03. The SMILES string of the molecule is Cc1cc(C(=O)N(C)[C@@H]2CCCC[C@H]2C)on1. The second kappa shape index (κ2) is 4.90. The normalized spacial score (nSPS) is 24.6. The van der Waals surface area contributed by atoms with E-state index in [0.29, 0.717) is 17.7 Å². The topological polar surface area (TPSA) is 46.3 Å². The number of carbonyl (C=O) groups is 1. The molecule has 1 aromatic rings. The maximum Gasteiger partial charge on any atom is 0.292 e. The van der Waals surface area contributed by atoms with E-state index in [0.717, 1.165) is 12.1 Å². The van der Waals surface area contributed by atoms with Crippen LogP contribution in [0.3, 0.4) is 0 Å². The first-order valence-electron chi connectivity index (χ1n) is 6.30. The summed E-state index contributed by atoms with van der Waals surface area (Å²) in [6.07, 6.45) is 4.79. The molecule has 0 bridgehead atoms. The molecule has 0 N–H and O–H groups in total. The van der Waals surface area contributed by atoms with Gasteiger partial charge in [0.2, 0.25) is 5.76 Å². The van der Waals surface area contributed by atoms with Crippen LogP contribution in [0.2, 0.25) is 0 Å². The predicted molar refractivity (Wildman–Crippen MR) is 64.8 cm³/mol. The Morgan fingerprint density at radius 2 is 2.18 bits per heavy atom. The summed E-state index contributed by atoms with van der Waals surface area (Å²) in [6, 6.07) is 2.04. The van der Waals surface area contributed by atoms with Crippen LogP contribution in [0.25, 0.3) is 0 Å². The minimum absolute atomic E-state index is 0.0515. The minimum atomic E-state index is -0.0515. The first-order valence-corrected chi connectivity index (χ1v) is 6.30. The van der Waals surface area contributed by atoms with Crippen LogP contribution in [0.4, 0.5) is 0 Å². The summed E-state index contributed by atoms with van der Waals surface area (Å²) in [5, 5.41) is 3.76. The van der Waals surface area contributed by atoms with E-state index in [1.165, 1.54) is 19.3 Å². The van der Waals surface area contributed by atoms with Gasteiger partial charge in [0.15, 0.2) is 0 Å². The molecule has 0 saturated heterocycles. The monoisotopic (exact) mass is 236 g/mol. The zero-order valence-electron chi connectivity index (χ0n) is 10.8. The summed E-state index contributed by atoms with van der Waals surface area (Å²) in [5.74, 6) is 0.869. The molecule has 2 rings (SSSR count). The van der Waals surface area contributed by atoms with Crippen molar-refractivity contribution in [1.29, 1.82) is 0 Å². The third-order valence-electron chi connectivity index (χ3n) is 3.72. The Labute approximate surface area is 102 Å². The number of hydrogen-bond acceptors (Lipinski definition) is 3. The number of rotatable bonds is 2. The van der Waals surface area contributed by atoms with Gasteiger partial charge in [-0.25, -0.2) is 0 Å². The van der Waals surface area contributed by atoms with Crippen molar-refractivity contribution in [2.75, 3.05) is 7.05 Å². The van der Waals surface area contributed by atoms with Crippen molar-refractivity contribution in [3.63, 3.8) is 0 Å². The van der Waals surface area contributed by atoms with E-state index < -0.39 is 0 Å². The van der Waals surface area contributed by atoms with Crippen molar-refractivity contribution >= 4 is 5.91 Å². The van der Waals surface area contributed by atoms with Gasteiger partial charge in [-0.2, -0.15) is 0 Å². The van der Waals surface area contributed by atoms with E-state index in [1.54, 1.807) is 6.07 Å². The summed E-state index contributed by atoms with van der Waals surface area (Å²) in [6.45, 7) is 4.04. The molecule has 0 radical (unpaired) electrons. The van der Waals surface area contributed by atoms with Gasteiger partial charge in [-0.3, -0.25) is 4.79 Å². The number of hydrogen-bond donors (Lipinski definition) is 0. The van der Waals surface area contributed by atoms with Crippen LogP contribution in [-0.4, -0.2) is 29.1 Å². The second-order valence-electron chi connectivity index (χ2n) is 5.08. The number of aromatic nitrogens is 1. The van der Waals surface area contributed by atoms with Crippen LogP contribution in [-0.2, 0) is 0 Å². The van der Waals surface area contributed by atoms with Crippen molar-refractivity contribution in [1.82, 2.24) is 10.1 Å². The third-order valence-corrected chi connectivity index (χ3v) is 3.72. The lowest BCUT2D eigenvalue weighted by molar-refractivity contribution is 0.0588. The lowest BCUT2D eigenvalue weighted by Gasteiger charge is -2.35. The zero-order valence-corrected chi connectivity index (χ0v) is 10.8. The molecule has 1 saturated carbocycles. The fourth-order valence-electron chi connectivity index (χ4n) is 2.66. The third kappa shape index (κ3) is 2.51. The molecule has 0 aromatic carbocycles. The van der Waals surface area contributed by atoms with E-state index >= 15 is 0 Å². The molecule has 1 aromatic heterocycles.